The van der Waals surface area contributed by atoms with Crippen LogP contribution in [0.3, 0.4) is 0 Å². The summed E-state index contributed by atoms with van der Waals surface area (Å²) in [6, 6.07) is 6.69. The van der Waals surface area contributed by atoms with E-state index < -0.39 is 0 Å². The van der Waals surface area contributed by atoms with Crippen LogP contribution >= 0.6 is 0 Å². The maximum Gasteiger partial charge on any atom is 0.0931 e. The predicted octanol–water partition coefficient (Wildman–Crippen LogP) is 1.81. The lowest BCUT2D eigenvalue weighted by Crippen LogP contribution is -2.25. The molecule has 0 aliphatic heterocycles. The van der Waals surface area contributed by atoms with Crippen molar-refractivity contribution < 1.29 is 0 Å². The first-order valence-corrected chi connectivity index (χ1v) is 6.06. The molecule has 0 amide bonds. The summed E-state index contributed by atoms with van der Waals surface area (Å²) in [6.07, 6.45) is 2.75. The molecule has 1 aromatic heterocycles. The second-order valence-electron chi connectivity index (χ2n) is 4.50. The number of nitrogens with two attached hydrogens (primary N) is 1. The number of nitrogens with zero attached hydrogens (tertiary/aromatic N) is 1. The molecule has 0 aliphatic rings. The molecule has 4 N–H and O–H groups in total. The maximum absolute atomic E-state index is 5.63. The molecular formula is C13H20N4. The van der Waals surface area contributed by atoms with Crippen LogP contribution in [0.5, 0.6) is 0 Å². The second-order valence-corrected chi connectivity index (χ2v) is 4.50. The van der Waals surface area contributed by atoms with Crippen LogP contribution in [0.1, 0.15) is 24.9 Å². The zero-order valence-electron chi connectivity index (χ0n) is 10.4. The molecule has 2 rings (SSSR count). The Morgan fingerprint density at radius 1 is 1.47 bits per heavy atom. The molecule has 0 bridgehead atoms. The minimum Gasteiger partial charge on any atom is -0.345 e. The van der Waals surface area contributed by atoms with Crippen LogP contribution in [0.25, 0.3) is 11.0 Å². The van der Waals surface area contributed by atoms with Gasteiger partial charge >= 0.3 is 0 Å². The third-order valence-corrected chi connectivity index (χ3v) is 3.31. The minimum absolute atomic E-state index is 0.339. The van der Waals surface area contributed by atoms with Gasteiger partial charge in [-0.1, -0.05) is 13.0 Å². The number of hydrogen-bond donors (Lipinski definition) is 3. The van der Waals surface area contributed by atoms with Crippen LogP contribution in [-0.2, 0) is 0 Å². The average molecular weight is 232 g/mol. The monoisotopic (exact) mass is 232 g/mol. The SMILES string of the molecule is CNC(c1ccc2nc[nH]c2c1)C(C)CCN. The van der Waals surface area contributed by atoms with Gasteiger partial charge in [-0.05, 0) is 43.6 Å². The molecule has 0 saturated heterocycles. The van der Waals surface area contributed by atoms with Gasteiger partial charge in [-0.2, -0.15) is 0 Å². The number of hydrogen-bond acceptors (Lipinski definition) is 3. The van der Waals surface area contributed by atoms with Crippen LogP contribution in [0.15, 0.2) is 24.5 Å². The number of rotatable bonds is 5. The van der Waals surface area contributed by atoms with Crippen molar-refractivity contribution in [2.45, 2.75) is 19.4 Å². The molecule has 4 heteroatoms. The van der Waals surface area contributed by atoms with Crippen molar-refractivity contribution in [3.8, 4) is 0 Å². The van der Waals surface area contributed by atoms with Crippen LogP contribution in [0.2, 0.25) is 0 Å². The zero-order chi connectivity index (χ0) is 12.3. The first kappa shape index (κ1) is 12.1. The van der Waals surface area contributed by atoms with Crippen molar-refractivity contribution in [3.05, 3.63) is 30.1 Å². The minimum atomic E-state index is 0.339. The van der Waals surface area contributed by atoms with E-state index in [9.17, 15) is 0 Å². The van der Waals surface area contributed by atoms with Crippen LogP contribution in [0, 0.1) is 5.92 Å². The Labute approximate surface area is 102 Å². The summed E-state index contributed by atoms with van der Waals surface area (Å²) in [5.74, 6) is 0.519. The first-order valence-electron chi connectivity index (χ1n) is 6.06. The summed E-state index contributed by atoms with van der Waals surface area (Å²) in [5, 5.41) is 3.37. The van der Waals surface area contributed by atoms with E-state index in [1.54, 1.807) is 6.33 Å². The highest BCUT2D eigenvalue weighted by molar-refractivity contribution is 5.75. The van der Waals surface area contributed by atoms with E-state index in [2.05, 4.69) is 40.4 Å². The molecule has 2 unspecified atom stereocenters. The lowest BCUT2D eigenvalue weighted by Gasteiger charge is -2.23. The van der Waals surface area contributed by atoms with E-state index in [0.717, 1.165) is 24.0 Å². The fourth-order valence-corrected chi connectivity index (χ4v) is 2.36. The van der Waals surface area contributed by atoms with Crippen molar-refractivity contribution in [3.63, 3.8) is 0 Å². The van der Waals surface area contributed by atoms with Crippen molar-refractivity contribution in [2.75, 3.05) is 13.6 Å². The van der Waals surface area contributed by atoms with Gasteiger partial charge in [-0.25, -0.2) is 4.98 Å². The molecule has 92 valence electrons. The topological polar surface area (TPSA) is 66.7 Å². The number of H-pyrrole nitrogens is 1. The Kier molecular flexibility index (Phi) is 3.76. The van der Waals surface area contributed by atoms with Crippen LogP contribution in [0.4, 0.5) is 0 Å². The standard InChI is InChI=1S/C13H20N4/c1-9(5-6-14)13(15-2)10-3-4-11-12(7-10)17-8-16-11/h3-4,7-9,13,15H,5-6,14H2,1-2H3,(H,16,17). The summed E-state index contributed by atoms with van der Waals surface area (Å²) < 4.78 is 0. The number of aromatic nitrogens is 2. The first-order chi connectivity index (χ1) is 8.26. The number of aromatic amines is 1. The van der Waals surface area contributed by atoms with Gasteiger partial charge in [-0.3, -0.25) is 0 Å². The van der Waals surface area contributed by atoms with E-state index in [-0.39, 0.29) is 0 Å². The van der Waals surface area contributed by atoms with Crippen molar-refractivity contribution in [1.82, 2.24) is 15.3 Å². The molecular weight excluding hydrogens is 212 g/mol. The average Bonchev–Trinajstić information content (AvgIpc) is 2.77. The van der Waals surface area contributed by atoms with E-state index in [0.29, 0.717) is 12.0 Å². The number of fused-ring (bicyclic) bond motifs is 1. The quantitative estimate of drug-likeness (QED) is 0.736. The number of imidazole rings is 1. The number of nitrogens with one attached hydrogen (secondary N) is 2. The van der Waals surface area contributed by atoms with Gasteiger partial charge < -0.3 is 16.0 Å². The highest BCUT2D eigenvalue weighted by Gasteiger charge is 2.17. The Morgan fingerprint density at radius 2 is 2.29 bits per heavy atom. The van der Waals surface area contributed by atoms with E-state index in [1.807, 2.05) is 7.05 Å². The van der Waals surface area contributed by atoms with Gasteiger partial charge in [0.25, 0.3) is 0 Å². The Balaban J connectivity index is 2.28. The normalized spacial score (nSPS) is 15.0. The Hall–Kier alpha value is -1.39. The smallest absolute Gasteiger partial charge is 0.0931 e. The zero-order valence-corrected chi connectivity index (χ0v) is 10.4. The van der Waals surface area contributed by atoms with Crippen molar-refractivity contribution in [2.24, 2.45) is 11.7 Å². The molecule has 0 aliphatic carbocycles. The fraction of sp³-hybridized carbons (Fsp3) is 0.462. The Bertz CT molecular complexity index is 477. The molecule has 2 aromatic rings. The molecule has 2 atom stereocenters. The van der Waals surface area contributed by atoms with Gasteiger partial charge in [0.15, 0.2) is 0 Å². The molecule has 0 spiro atoms. The number of benzene rings is 1. The summed E-state index contributed by atoms with van der Waals surface area (Å²) in [7, 11) is 1.99. The lowest BCUT2D eigenvalue weighted by atomic mass is 9.92. The van der Waals surface area contributed by atoms with Gasteiger partial charge in [-0.15, -0.1) is 0 Å². The van der Waals surface area contributed by atoms with Crippen molar-refractivity contribution in [1.29, 1.82) is 0 Å². The highest BCUT2D eigenvalue weighted by Crippen LogP contribution is 2.25. The third-order valence-electron chi connectivity index (χ3n) is 3.31. The molecule has 1 aromatic carbocycles. The second kappa shape index (κ2) is 5.29. The van der Waals surface area contributed by atoms with Gasteiger partial charge in [0.1, 0.15) is 0 Å². The molecule has 0 radical (unpaired) electrons. The van der Waals surface area contributed by atoms with E-state index in [4.69, 9.17) is 5.73 Å². The van der Waals surface area contributed by atoms with Crippen molar-refractivity contribution >= 4 is 11.0 Å². The summed E-state index contributed by atoms with van der Waals surface area (Å²) in [5.41, 5.74) is 9.01. The molecule has 4 nitrogen and oxygen atoms in total. The Morgan fingerprint density at radius 3 is 3.00 bits per heavy atom. The van der Waals surface area contributed by atoms with Gasteiger partial charge in [0.2, 0.25) is 0 Å². The van der Waals surface area contributed by atoms with E-state index >= 15 is 0 Å². The maximum atomic E-state index is 5.63. The summed E-state index contributed by atoms with van der Waals surface area (Å²) in [4.78, 5) is 7.38. The molecule has 0 fully saturated rings. The molecule has 17 heavy (non-hydrogen) atoms. The summed E-state index contributed by atoms with van der Waals surface area (Å²) >= 11 is 0. The molecule has 1 heterocycles. The van der Waals surface area contributed by atoms with Crippen LogP contribution in [-0.4, -0.2) is 23.6 Å². The molecule has 0 saturated carbocycles. The third kappa shape index (κ3) is 2.48. The van der Waals surface area contributed by atoms with Gasteiger partial charge in [0, 0.05) is 6.04 Å². The van der Waals surface area contributed by atoms with E-state index in [1.165, 1.54) is 5.56 Å². The van der Waals surface area contributed by atoms with Crippen LogP contribution < -0.4 is 11.1 Å². The predicted molar refractivity (Wildman–Crippen MR) is 70.7 cm³/mol. The highest BCUT2D eigenvalue weighted by atomic mass is 14.9. The fourth-order valence-electron chi connectivity index (χ4n) is 2.36. The summed E-state index contributed by atoms with van der Waals surface area (Å²) in [6.45, 7) is 2.96. The van der Waals surface area contributed by atoms with Gasteiger partial charge in [0.05, 0.1) is 17.4 Å². The largest absolute Gasteiger partial charge is 0.345 e. The lowest BCUT2D eigenvalue weighted by molar-refractivity contribution is 0.392.